The van der Waals surface area contributed by atoms with Crippen molar-refractivity contribution in [2.45, 2.75) is 51.7 Å². The predicted molar refractivity (Wildman–Crippen MR) is 63.1 cm³/mol. The number of fused-ring (bicyclic) bond motifs is 2. The molecule has 0 N–H and O–H groups in total. The van der Waals surface area contributed by atoms with E-state index in [4.69, 9.17) is 9.47 Å². The van der Waals surface area contributed by atoms with E-state index >= 15 is 0 Å². The summed E-state index contributed by atoms with van der Waals surface area (Å²) < 4.78 is 12.1. The van der Waals surface area contributed by atoms with Crippen LogP contribution >= 0.6 is 0 Å². The Hall–Kier alpha value is -0.340. The predicted octanol–water partition coefficient (Wildman–Crippen LogP) is 3.28. The number of ether oxygens (including phenoxy) is 2. The van der Waals surface area contributed by atoms with Crippen molar-refractivity contribution in [1.82, 2.24) is 0 Å². The highest BCUT2D eigenvalue weighted by atomic mass is 16.7. The monoisotopic (exact) mass is 222 g/mol. The van der Waals surface area contributed by atoms with Crippen molar-refractivity contribution in [2.24, 2.45) is 11.3 Å². The van der Waals surface area contributed by atoms with Crippen molar-refractivity contribution < 1.29 is 9.47 Å². The van der Waals surface area contributed by atoms with Crippen molar-refractivity contribution >= 4 is 0 Å². The van der Waals surface area contributed by atoms with E-state index in [2.05, 4.69) is 19.9 Å². The van der Waals surface area contributed by atoms with Crippen LogP contribution in [0.4, 0.5) is 0 Å². The van der Waals surface area contributed by atoms with E-state index < -0.39 is 0 Å². The highest BCUT2D eigenvalue weighted by molar-refractivity contribution is 5.16. The van der Waals surface area contributed by atoms with Gasteiger partial charge in [0.15, 0.2) is 5.79 Å². The van der Waals surface area contributed by atoms with Gasteiger partial charge in [-0.25, -0.2) is 0 Å². The van der Waals surface area contributed by atoms with Crippen molar-refractivity contribution in [3.05, 3.63) is 11.6 Å². The molecule has 0 unspecified atom stereocenters. The van der Waals surface area contributed by atoms with Gasteiger partial charge in [0.25, 0.3) is 0 Å². The first kappa shape index (κ1) is 10.8. The van der Waals surface area contributed by atoms with Gasteiger partial charge >= 0.3 is 0 Å². The van der Waals surface area contributed by atoms with Crippen LogP contribution in [0.5, 0.6) is 0 Å². The molecule has 1 saturated heterocycles. The van der Waals surface area contributed by atoms with E-state index in [1.165, 1.54) is 25.7 Å². The number of allylic oxidation sites excluding steroid dienone is 2. The average molecular weight is 222 g/mol. The molecule has 1 heterocycles. The third kappa shape index (κ3) is 1.32. The number of hydrogen-bond donors (Lipinski definition) is 0. The second kappa shape index (κ2) is 3.58. The molecule has 2 aliphatic carbocycles. The summed E-state index contributed by atoms with van der Waals surface area (Å²) in [5.41, 5.74) is 1.76. The van der Waals surface area contributed by atoms with Gasteiger partial charge in [0.1, 0.15) is 0 Å². The summed E-state index contributed by atoms with van der Waals surface area (Å²) in [4.78, 5) is 0. The maximum Gasteiger partial charge on any atom is 0.174 e. The first-order chi connectivity index (χ1) is 7.66. The molecule has 0 bridgehead atoms. The van der Waals surface area contributed by atoms with Gasteiger partial charge < -0.3 is 9.47 Å². The van der Waals surface area contributed by atoms with Gasteiger partial charge in [-0.15, -0.1) is 0 Å². The fourth-order valence-electron chi connectivity index (χ4n) is 3.90. The molecule has 1 spiro atoms. The average Bonchev–Trinajstić information content (AvgIpc) is 2.72. The Labute approximate surface area is 98.0 Å². The van der Waals surface area contributed by atoms with E-state index in [0.29, 0.717) is 5.92 Å². The van der Waals surface area contributed by atoms with E-state index in [1.807, 2.05) is 0 Å². The number of hydrogen-bond acceptors (Lipinski definition) is 2. The minimum Gasteiger partial charge on any atom is -0.347 e. The molecule has 0 amide bonds. The van der Waals surface area contributed by atoms with Gasteiger partial charge in [-0.05, 0) is 38.5 Å². The Balaban J connectivity index is 1.97. The van der Waals surface area contributed by atoms with Gasteiger partial charge in [0, 0.05) is 11.8 Å². The van der Waals surface area contributed by atoms with Crippen LogP contribution in [0.15, 0.2) is 11.6 Å². The van der Waals surface area contributed by atoms with Gasteiger partial charge in [0.2, 0.25) is 0 Å². The van der Waals surface area contributed by atoms with Crippen LogP contribution < -0.4 is 0 Å². The quantitative estimate of drug-likeness (QED) is 0.586. The Morgan fingerprint density at radius 3 is 2.75 bits per heavy atom. The lowest BCUT2D eigenvalue weighted by Gasteiger charge is -2.53. The van der Waals surface area contributed by atoms with Crippen LogP contribution in [0.3, 0.4) is 0 Å². The van der Waals surface area contributed by atoms with Crippen molar-refractivity contribution in [2.75, 3.05) is 13.2 Å². The highest BCUT2D eigenvalue weighted by Crippen LogP contribution is 2.57. The molecule has 16 heavy (non-hydrogen) atoms. The Kier molecular flexibility index (Phi) is 2.41. The standard InChI is InChI=1S/C14H22O2/c1-11-5-7-13(2)12(10-11)4-3-6-14(13)15-8-9-16-14/h10,12H,3-9H2,1-2H3/t12-,13-/m0/s1. The van der Waals surface area contributed by atoms with Gasteiger partial charge in [0.05, 0.1) is 13.2 Å². The highest BCUT2D eigenvalue weighted by Gasteiger charge is 2.58. The zero-order chi connectivity index (χ0) is 11.2. The second-order valence-corrected chi connectivity index (χ2v) is 5.88. The molecule has 1 aliphatic heterocycles. The van der Waals surface area contributed by atoms with E-state index in [0.717, 1.165) is 19.6 Å². The Morgan fingerprint density at radius 2 is 2.00 bits per heavy atom. The maximum absolute atomic E-state index is 6.04. The minimum atomic E-state index is -0.257. The smallest absolute Gasteiger partial charge is 0.174 e. The molecule has 1 saturated carbocycles. The Morgan fingerprint density at radius 1 is 1.25 bits per heavy atom. The van der Waals surface area contributed by atoms with Crippen LogP contribution in [-0.4, -0.2) is 19.0 Å². The summed E-state index contributed by atoms with van der Waals surface area (Å²) in [6, 6.07) is 0. The van der Waals surface area contributed by atoms with Crippen LogP contribution in [0.2, 0.25) is 0 Å². The normalized spacial score (nSPS) is 41.9. The van der Waals surface area contributed by atoms with Crippen molar-refractivity contribution in [3.8, 4) is 0 Å². The molecule has 0 radical (unpaired) electrons. The molecule has 90 valence electrons. The third-order valence-electron chi connectivity index (χ3n) is 4.99. The molecule has 0 aromatic rings. The van der Waals surface area contributed by atoms with Gasteiger partial charge in [-0.1, -0.05) is 18.6 Å². The largest absolute Gasteiger partial charge is 0.347 e. The molecule has 2 atom stereocenters. The maximum atomic E-state index is 6.04. The lowest BCUT2D eigenvalue weighted by molar-refractivity contribution is -0.265. The van der Waals surface area contributed by atoms with Crippen molar-refractivity contribution in [1.29, 1.82) is 0 Å². The fraction of sp³-hybridized carbons (Fsp3) is 0.857. The number of rotatable bonds is 0. The zero-order valence-corrected chi connectivity index (χ0v) is 10.4. The van der Waals surface area contributed by atoms with E-state index in [1.54, 1.807) is 5.57 Å². The van der Waals surface area contributed by atoms with Crippen LogP contribution in [0.1, 0.15) is 46.0 Å². The first-order valence-electron chi connectivity index (χ1n) is 6.62. The fourth-order valence-corrected chi connectivity index (χ4v) is 3.90. The van der Waals surface area contributed by atoms with Gasteiger partial charge in [-0.3, -0.25) is 0 Å². The summed E-state index contributed by atoms with van der Waals surface area (Å²) in [6.45, 7) is 6.21. The molecule has 0 aromatic carbocycles. The lowest BCUT2D eigenvalue weighted by Crippen LogP contribution is -2.55. The molecule has 3 rings (SSSR count). The minimum absolute atomic E-state index is 0.210. The summed E-state index contributed by atoms with van der Waals surface area (Å²) in [7, 11) is 0. The molecule has 2 nitrogen and oxygen atoms in total. The SMILES string of the molecule is CC1=C[C@@H]2CCCC3(OCCO3)[C@@]2(C)CC1. The van der Waals surface area contributed by atoms with Crippen LogP contribution in [0.25, 0.3) is 0 Å². The topological polar surface area (TPSA) is 18.5 Å². The first-order valence-corrected chi connectivity index (χ1v) is 6.62. The summed E-state index contributed by atoms with van der Waals surface area (Å²) in [6.07, 6.45) is 8.55. The van der Waals surface area contributed by atoms with Crippen LogP contribution in [0, 0.1) is 11.3 Å². The van der Waals surface area contributed by atoms with Crippen LogP contribution in [-0.2, 0) is 9.47 Å². The molecule has 0 aromatic heterocycles. The third-order valence-corrected chi connectivity index (χ3v) is 4.99. The lowest BCUT2D eigenvalue weighted by atomic mass is 9.58. The second-order valence-electron chi connectivity index (χ2n) is 5.88. The molecule has 2 heteroatoms. The van der Waals surface area contributed by atoms with E-state index in [9.17, 15) is 0 Å². The molecule has 2 fully saturated rings. The summed E-state index contributed by atoms with van der Waals surface area (Å²) in [5, 5.41) is 0. The van der Waals surface area contributed by atoms with Crippen molar-refractivity contribution in [3.63, 3.8) is 0 Å². The molecule has 3 aliphatic rings. The summed E-state index contributed by atoms with van der Waals surface area (Å²) >= 11 is 0. The van der Waals surface area contributed by atoms with Gasteiger partial charge in [-0.2, -0.15) is 0 Å². The summed E-state index contributed by atoms with van der Waals surface area (Å²) in [5.74, 6) is 0.403. The zero-order valence-electron chi connectivity index (χ0n) is 10.4. The molecular formula is C14H22O2. The van der Waals surface area contributed by atoms with E-state index in [-0.39, 0.29) is 11.2 Å². The Bertz CT molecular complexity index is 315. The molecular weight excluding hydrogens is 200 g/mol.